The van der Waals surface area contributed by atoms with E-state index in [1.807, 2.05) is 6.92 Å². The monoisotopic (exact) mass is 335 g/mol. The number of halogens is 2. The Morgan fingerprint density at radius 1 is 1.29 bits per heavy atom. The van der Waals surface area contributed by atoms with E-state index in [4.69, 9.17) is 10.5 Å². The van der Waals surface area contributed by atoms with Gasteiger partial charge in [0.15, 0.2) is 11.6 Å². The summed E-state index contributed by atoms with van der Waals surface area (Å²) in [7, 11) is 0. The molecule has 0 saturated heterocycles. The fourth-order valence-corrected chi connectivity index (χ4v) is 2.04. The van der Waals surface area contributed by atoms with Gasteiger partial charge in [-0.05, 0) is 24.6 Å². The van der Waals surface area contributed by atoms with Gasteiger partial charge in [0.05, 0.1) is 12.2 Å². The van der Waals surface area contributed by atoms with E-state index in [2.05, 4.69) is 10.3 Å². The second kappa shape index (κ2) is 8.24. The Balaban J connectivity index is 2.03. The Labute approximate surface area is 138 Å². The summed E-state index contributed by atoms with van der Waals surface area (Å²) in [5.74, 6) is -1.91. The fourth-order valence-electron chi connectivity index (χ4n) is 2.04. The summed E-state index contributed by atoms with van der Waals surface area (Å²) < 4.78 is 32.6. The van der Waals surface area contributed by atoms with Crippen LogP contribution >= 0.6 is 0 Å². The van der Waals surface area contributed by atoms with Crippen LogP contribution in [-0.2, 0) is 6.54 Å². The first-order valence-electron chi connectivity index (χ1n) is 7.63. The average molecular weight is 335 g/mol. The number of anilines is 1. The van der Waals surface area contributed by atoms with Gasteiger partial charge in [-0.3, -0.25) is 4.79 Å². The third kappa shape index (κ3) is 4.41. The van der Waals surface area contributed by atoms with Crippen molar-refractivity contribution in [2.75, 3.05) is 12.3 Å². The number of unbranched alkanes of at least 4 members (excludes halogenated alkanes) is 1. The Bertz CT molecular complexity index is 723. The van der Waals surface area contributed by atoms with E-state index in [0.717, 1.165) is 18.9 Å². The molecule has 0 unspecified atom stereocenters. The lowest BCUT2D eigenvalue weighted by atomic mass is 10.2. The van der Waals surface area contributed by atoms with Crippen molar-refractivity contribution in [1.82, 2.24) is 10.3 Å². The maximum atomic E-state index is 14.3. The molecule has 0 fully saturated rings. The summed E-state index contributed by atoms with van der Waals surface area (Å²) in [5.41, 5.74) is 5.83. The number of carbonyl (C=O) groups is 1. The Kier molecular flexibility index (Phi) is 6.06. The van der Waals surface area contributed by atoms with Crippen molar-refractivity contribution in [3.8, 4) is 5.75 Å². The fraction of sp³-hybridized carbons (Fsp3) is 0.294. The Morgan fingerprint density at radius 2 is 2.08 bits per heavy atom. The smallest absolute Gasteiger partial charge is 0.255 e. The molecule has 0 aliphatic heterocycles. The lowest BCUT2D eigenvalue weighted by Crippen LogP contribution is -2.25. The van der Waals surface area contributed by atoms with Gasteiger partial charge in [0.1, 0.15) is 5.82 Å². The summed E-state index contributed by atoms with van der Waals surface area (Å²) >= 11 is 0. The van der Waals surface area contributed by atoms with Crippen molar-refractivity contribution >= 4 is 11.7 Å². The quantitative estimate of drug-likeness (QED) is 0.602. The standard InChI is InChI=1S/C17H19F2N3O2/c1-2-3-9-24-13-6-4-5-11(15(13)19)10-21-17(23)12-7-8-14(18)22-16(12)20/h4-8H,2-3,9-10H2,1H3,(H2,20,22)(H,21,23). The maximum absolute atomic E-state index is 14.3. The molecule has 7 heteroatoms. The third-order valence-corrected chi connectivity index (χ3v) is 3.37. The Hall–Kier alpha value is -2.70. The van der Waals surface area contributed by atoms with Gasteiger partial charge in [0.25, 0.3) is 5.91 Å². The second-order valence-corrected chi connectivity index (χ2v) is 5.18. The normalized spacial score (nSPS) is 10.5. The van der Waals surface area contributed by atoms with Gasteiger partial charge in [-0.25, -0.2) is 9.37 Å². The number of nitrogens with zero attached hydrogens (tertiary/aromatic N) is 1. The summed E-state index contributed by atoms with van der Waals surface area (Å²) in [6.07, 6.45) is 1.78. The minimum Gasteiger partial charge on any atom is -0.491 e. The highest BCUT2D eigenvalue weighted by molar-refractivity contribution is 5.98. The van der Waals surface area contributed by atoms with Crippen LogP contribution in [0.5, 0.6) is 5.75 Å². The molecule has 5 nitrogen and oxygen atoms in total. The first-order valence-corrected chi connectivity index (χ1v) is 7.63. The van der Waals surface area contributed by atoms with Crippen molar-refractivity contribution < 1.29 is 18.3 Å². The average Bonchev–Trinajstić information content (AvgIpc) is 2.55. The lowest BCUT2D eigenvalue weighted by molar-refractivity contribution is 0.0951. The van der Waals surface area contributed by atoms with Gasteiger partial charge in [0, 0.05) is 12.1 Å². The van der Waals surface area contributed by atoms with E-state index >= 15 is 0 Å². The number of nitrogens with two attached hydrogens (primary N) is 1. The molecule has 0 atom stereocenters. The molecule has 0 aliphatic rings. The minimum absolute atomic E-state index is 0.0344. The van der Waals surface area contributed by atoms with E-state index in [9.17, 15) is 13.6 Å². The van der Waals surface area contributed by atoms with E-state index < -0.39 is 17.7 Å². The number of pyridine rings is 1. The highest BCUT2D eigenvalue weighted by Gasteiger charge is 2.14. The van der Waals surface area contributed by atoms with Crippen LogP contribution in [0, 0.1) is 11.8 Å². The number of amides is 1. The first kappa shape index (κ1) is 17.7. The molecule has 1 amide bonds. The Morgan fingerprint density at radius 3 is 2.79 bits per heavy atom. The number of aromatic nitrogens is 1. The molecule has 1 heterocycles. The number of carbonyl (C=O) groups excluding carboxylic acids is 1. The van der Waals surface area contributed by atoms with Gasteiger partial charge in [0.2, 0.25) is 5.95 Å². The zero-order valence-electron chi connectivity index (χ0n) is 13.3. The van der Waals surface area contributed by atoms with Crippen molar-refractivity contribution in [1.29, 1.82) is 0 Å². The molecule has 2 aromatic rings. The number of ether oxygens (including phenoxy) is 1. The molecule has 1 aromatic carbocycles. The molecule has 0 radical (unpaired) electrons. The molecule has 128 valence electrons. The van der Waals surface area contributed by atoms with Crippen molar-refractivity contribution in [3.63, 3.8) is 0 Å². The molecule has 0 aliphatic carbocycles. The van der Waals surface area contributed by atoms with Crippen molar-refractivity contribution in [2.45, 2.75) is 26.3 Å². The summed E-state index contributed by atoms with van der Waals surface area (Å²) in [6.45, 7) is 2.40. The van der Waals surface area contributed by atoms with E-state index in [1.165, 1.54) is 12.1 Å². The van der Waals surface area contributed by atoms with E-state index in [-0.39, 0.29) is 29.2 Å². The highest BCUT2D eigenvalue weighted by Crippen LogP contribution is 2.21. The summed E-state index contributed by atoms with van der Waals surface area (Å²) in [5, 5.41) is 2.53. The topological polar surface area (TPSA) is 77.2 Å². The molecular formula is C17H19F2N3O2. The van der Waals surface area contributed by atoms with Crippen LogP contribution in [0.4, 0.5) is 14.6 Å². The van der Waals surface area contributed by atoms with Crippen LogP contribution in [0.2, 0.25) is 0 Å². The number of hydrogen-bond acceptors (Lipinski definition) is 4. The molecular weight excluding hydrogens is 316 g/mol. The van der Waals surface area contributed by atoms with Crippen LogP contribution in [0.15, 0.2) is 30.3 Å². The van der Waals surface area contributed by atoms with Gasteiger partial charge >= 0.3 is 0 Å². The lowest BCUT2D eigenvalue weighted by Gasteiger charge is -2.11. The van der Waals surface area contributed by atoms with Crippen LogP contribution in [0.1, 0.15) is 35.7 Å². The minimum atomic E-state index is -0.771. The number of rotatable bonds is 7. The molecule has 0 saturated carbocycles. The summed E-state index contributed by atoms with van der Waals surface area (Å²) in [6, 6.07) is 7.01. The van der Waals surface area contributed by atoms with Gasteiger partial charge in [-0.2, -0.15) is 4.39 Å². The first-order chi connectivity index (χ1) is 11.5. The molecule has 24 heavy (non-hydrogen) atoms. The number of benzene rings is 1. The predicted molar refractivity (Wildman–Crippen MR) is 86.6 cm³/mol. The van der Waals surface area contributed by atoms with Gasteiger partial charge in [-0.1, -0.05) is 25.5 Å². The third-order valence-electron chi connectivity index (χ3n) is 3.37. The zero-order chi connectivity index (χ0) is 17.5. The molecule has 3 N–H and O–H groups in total. The highest BCUT2D eigenvalue weighted by atomic mass is 19.1. The van der Waals surface area contributed by atoms with Gasteiger partial charge < -0.3 is 15.8 Å². The number of nitrogen functional groups attached to an aromatic ring is 1. The maximum Gasteiger partial charge on any atom is 0.255 e. The SMILES string of the molecule is CCCCOc1cccc(CNC(=O)c2ccc(F)nc2N)c1F. The number of nitrogens with one attached hydrogen (secondary N) is 1. The van der Waals surface area contributed by atoms with Crippen LogP contribution in [0.3, 0.4) is 0 Å². The van der Waals surface area contributed by atoms with E-state index in [0.29, 0.717) is 6.61 Å². The van der Waals surface area contributed by atoms with Crippen LogP contribution in [-0.4, -0.2) is 17.5 Å². The van der Waals surface area contributed by atoms with Crippen molar-refractivity contribution in [2.24, 2.45) is 0 Å². The predicted octanol–water partition coefficient (Wildman–Crippen LogP) is 3.05. The largest absolute Gasteiger partial charge is 0.491 e. The molecule has 0 spiro atoms. The van der Waals surface area contributed by atoms with Gasteiger partial charge in [-0.15, -0.1) is 0 Å². The number of hydrogen-bond donors (Lipinski definition) is 2. The molecule has 0 bridgehead atoms. The zero-order valence-corrected chi connectivity index (χ0v) is 13.3. The molecule has 2 rings (SSSR count). The van der Waals surface area contributed by atoms with Crippen LogP contribution < -0.4 is 15.8 Å². The summed E-state index contributed by atoms with van der Waals surface area (Å²) in [4.78, 5) is 15.4. The van der Waals surface area contributed by atoms with Crippen molar-refractivity contribution in [3.05, 3.63) is 53.2 Å². The van der Waals surface area contributed by atoms with Crippen LogP contribution in [0.25, 0.3) is 0 Å². The van der Waals surface area contributed by atoms with E-state index in [1.54, 1.807) is 12.1 Å². The molecule has 1 aromatic heterocycles. The second-order valence-electron chi connectivity index (χ2n) is 5.18.